The van der Waals surface area contributed by atoms with Gasteiger partial charge in [0, 0.05) is 18.6 Å². The number of methoxy groups -OCH3 is 1. The van der Waals surface area contributed by atoms with Crippen LogP contribution in [0.2, 0.25) is 0 Å². The van der Waals surface area contributed by atoms with Crippen LogP contribution < -0.4 is 16.0 Å². The van der Waals surface area contributed by atoms with Gasteiger partial charge in [-0.25, -0.2) is 0 Å². The van der Waals surface area contributed by atoms with Gasteiger partial charge < -0.3 is 9.47 Å². The summed E-state index contributed by atoms with van der Waals surface area (Å²) >= 11 is 0. The predicted octanol–water partition coefficient (Wildman–Crippen LogP) is 1.11. The zero-order chi connectivity index (χ0) is 12.1. The van der Waals surface area contributed by atoms with Gasteiger partial charge in [0.05, 0.1) is 13.7 Å². The molecule has 0 aromatic heterocycles. The van der Waals surface area contributed by atoms with Crippen molar-refractivity contribution in [1.82, 2.24) is 5.43 Å². The maximum atomic E-state index is 5.63. The first-order valence-electron chi connectivity index (χ1n) is 6.00. The molecule has 1 aromatic carbocycles. The van der Waals surface area contributed by atoms with Crippen molar-refractivity contribution in [3.63, 3.8) is 0 Å². The molecule has 0 spiro atoms. The lowest BCUT2D eigenvalue weighted by Gasteiger charge is -2.21. The molecular formula is C13H20N2O2. The SMILES string of the molecule is COc1ccc(CC(NN)C2CCOC2)cc1. The fourth-order valence-corrected chi connectivity index (χ4v) is 2.25. The first kappa shape index (κ1) is 12.4. The third kappa shape index (κ3) is 3.19. The Labute approximate surface area is 102 Å². The van der Waals surface area contributed by atoms with Gasteiger partial charge in [0.1, 0.15) is 5.75 Å². The van der Waals surface area contributed by atoms with E-state index in [2.05, 4.69) is 17.6 Å². The highest BCUT2D eigenvalue weighted by atomic mass is 16.5. The maximum absolute atomic E-state index is 5.63. The molecule has 0 radical (unpaired) electrons. The molecule has 1 saturated heterocycles. The molecule has 94 valence electrons. The van der Waals surface area contributed by atoms with Crippen LogP contribution in [0.4, 0.5) is 0 Å². The van der Waals surface area contributed by atoms with Gasteiger partial charge in [-0.1, -0.05) is 12.1 Å². The minimum atomic E-state index is 0.283. The van der Waals surface area contributed by atoms with Crippen LogP contribution in [0.3, 0.4) is 0 Å². The van der Waals surface area contributed by atoms with E-state index in [0.29, 0.717) is 5.92 Å². The highest BCUT2D eigenvalue weighted by Gasteiger charge is 2.24. The molecule has 3 N–H and O–H groups in total. The number of rotatable bonds is 5. The van der Waals surface area contributed by atoms with Crippen molar-refractivity contribution in [3.8, 4) is 5.75 Å². The molecule has 2 rings (SSSR count). The topological polar surface area (TPSA) is 56.5 Å². The van der Waals surface area contributed by atoms with Gasteiger partial charge in [-0.05, 0) is 30.5 Å². The number of benzene rings is 1. The molecule has 1 heterocycles. The van der Waals surface area contributed by atoms with Crippen molar-refractivity contribution in [2.24, 2.45) is 11.8 Å². The van der Waals surface area contributed by atoms with Crippen LogP contribution in [0.15, 0.2) is 24.3 Å². The maximum Gasteiger partial charge on any atom is 0.118 e. The smallest absolute Gasteiger partial charge is 0.118 e. The van der Waals surface area contributed by atoms with Crippen LogP contribution in [-0.2, 0) is 11.2 Å². The molecule has 2 atom stereocenters. The Morgan fingerprint density at radius 3 is 2.76 bits per heavy atom. The second-order valence-corrected chi connectivity index (χ2v) is 4.45. The lowest BCUT2D eigenvalue weighted by molar-refractivity contribution is 0.176. The van der Waals surface area contributed by atoms with Gasteiger partial charge in [-0.2, -0.15) is 0 Å². The van der Waals surface area contributed by atoms with E-state index in [9.17, 15) is 0 Å². The molecule has 2 unspecified atom stereocenters. The standard InChI is InChI=1S/C13H20N2O2/c1-16-12-4-2-10(3-5-12)8-13(15-14)11-6-7-17-9-11/h2-5,11,13,15H,6-9,14H2,1H3. The fourth-order valence-electron chi connectivity index (χ4n) is 2.25. The van der Waals surface area contributed by atoms with Crippen LogP contribution in [-0.4, -0.2) is 26.4 Å². The zero-order valence-corrected chi connectivity index (χ0v) is 10.2. The van der Waals surface area contributed by atoms with Crippen molar-refractivity contribution in [1.29, 1.82) is 0 Å². The summed E-state index contributed by atoms with van der Waals surface area (Å²) in [5.41, 5.74) is 4.17. The molecule has 17 heavy (non-hydrogen) atoms. The zero-order valence-electron chi connectivity index (χ0n) is 10.2. The first-order valence-corrected chi connectivity index (χ1v) is 6.00. The Morgan fingerprint density at radius 1 is 1.47 bits per heavy atom. The van der Waals surface area contributed by atoms with Gasteiger partial charge in [0.25, 0.3) is 0 Å². The van der Waals surface area contributed by atoms with Crippen LogP contribution >= 0.6 is 0 Å². The minimum Gasteiger partial charge on any atom is -0.497 e. The predicted molar refractivity (Wildman–Crippen MR) is 66.7 cm³/mol. The summed E-state index contributed by atoms with van der Waals surface area (Å²) < 4.78 is 10.5. The molecule has 0 bridgehead atoms. The van der Waals surface area contributed by atoms with Gasteiger partial charge in [0.15, 0.2) is 0 Å². The van der Waals surface area contributed by atoms with E-state index in [1.807, 2.05) is 12.1 Å². The number of hydrazine groups is 1. The lowest BCUT2D eigenvalue weighted by atomic mass is 9.93. The average Bonchev–Trinajstić information content (AvgIpc) is 2.90. The van der Waals surface area contributed by atoms with E-state index in [0.717, 1.165) is 31.8 Å². The number of nitrogens with one attached hydrogen (secondary N) is 1. The summed E-state index contributed by atoms with van der Waals surface area (Å²) in [5, 5.41) is 0. The largest absolute Gasteiger partial charge is 0.497 e. The molecule has 0 saturated carbocycles. The first-order chi connectivity index (χ1) is 8.33. The van der Waals surface area contributed by atoms with E-state index < -0.39 is 0 Å². The fraction of sp³-hybridized carbons (Fsp3) is 0.538. The number of ether oxygens (including phenoxy) is 2. The average molecular weight is 236 g/mol. The lowest BCUT2D eigenvalue weighted by Crippen LogP contribution is -2.42. The van der Waals surface area contributed by atoms with Gasteiger partial charge >= 0.3 is 0 Å². The third-order valence-corrected chi connectivity index (χ3v) is 3.36. The Hall–Kier alpha value is -1.10. The molecule has 4 nitrogen and oxygen atoms in total. The van der Waals surface area contributed by atoms with Crippen molar-refractivity contribution in [3.05, 3.63) is 29.8 Å². The van der Waals surface area contributed by atoms with Crippen LogP contribution in [0.5, 0.6) is 5.75 Å². The monoisotopic (exact) mass is 236 g/mol. The van der Waals surface area contributed by atoms with E-state index in [4.69, 9.17) is 15.3 Å². The molecule has 4 heteroatoms. The highest BCUT2D eigenvalue weighted by Crippen LogP contribution is 2.20. The number of nitrogens with two attached hydrogens (primary N) is 1. The summed E-state index contributed by atoms with van der Waals surface area (Å²) in [6, 6.07) is 8.41. The molecular weight excluding hydrogens is 216 g/mol. The summed E-state index contributed by atoms with van der Waals surface area (Å²) in [5.74, 6) is 7.03. The van der Waals surface area contributed by atoms with Crippen LogP contribution in [0.1, 0.15) is 12.0 Å². The van der Waals surface area contributed by atoms with Crippen molar-refractivity contribution < 1.29 is 9.47 Å². The molecule has 1 aliphatic heterocycles. The van der Waals surface area contributed by atoms with E-state index in [1.54, 1.807) is 7.11 Å². The van der Waals surface area contributed by atoms with Crippen molar-refractivity contribution >= 4 is 0 Å². The van der Waals surface area contributed by atoms with E-state index in [-0.39, 0.29) is 6.04 Å². The van der Waals surface area contributed by atoms with Crippen molar-refractivity contribution in [2.75, 3.05) is 20.3 Å². The molecule has 1 aromatic rings. The highest BCUT2D eigenvalue weighted by molar-refractivity contribution is 5.27. The van der Waals surface area contributed by atoms with Gasteiger partial charge in [-0.3, -0.25) is 11.3 Å². The van der Waals surface area contributed by atoms with Crippen molar-refractivity contribution in [2.45, 2.75) is 18.9 Å². The van der Waals surface area contributed by atoms with Gasteiger partial charge in [0.2, 0.25) is 0 Å². The number of hydrogen-bond acceptors (Lipinski definition) is 4. The third-order valence-electron chi connectivity index (χ3n) is 3.36. The summed E-state index contributed by atoms with van der Waals surface area (Å²) in [6.45, 7) is 1.66. The molecule has 0 amide bonds. The summed E-state index contributed by atoms with van der Waals surface area (Å²) in [7, 11) is 1.68. The summed E-state index contributed by atoms with van der Waals surface area (Å²) in [4.78, 5) is 0. The van der Waals surface area contributed by atoms with Crippen LogP contribution in [0, 0.1) is 5.92 Å². The quantitative estimate of drug-likeness (QED) is 0.594. The van der Waals surface area contributed by atoms with Gasteiger partial charge in [-0.15, -0.1) is 0 Å². The van der Waals surface area contributed by atoms with E-state index in [1.165, 1.54) is 5.56 Å². The normalized spacial score (nSPS) is 21.4. The molecule has 1 aliphatic rings. The second-order valence-electron chi connectivity index (χ2n) is 4.45. The molecule has 1 fully saturated rings. The Kier molecular flexibility index (Phi) is 4.36. The molecule has 0 aliphatic carbocycles. The van der Waals surface area contributed by atoms with Crippen LogP contribution in [0.25, 0.3) is 0 Å². The minimum absolute atomic E-state index is 0.283. The Balaban J connectivity index is 1.96. The summed E-state index contributed by atoms with van der Waals surface area (Å²) in [6.07, 6.45) is 2.01. The Bertz CT molecular complexity index is 334. The second kappa shape index (κ2) is 6.00. The Morgan fingerprint density at radius 2 is 2.24 bits per heavy atom. The van der Waals surface area contributed by atoms with E-state index >= 15 is 0 Å². The number of hydrogen-bond donors (Lipinski definition) is 2.